The zero-order valence-corrected chi connectivity index (χ0v) is 19.2. The molecule has 0 atom stereocenters. The number of carbonyl (C=O) groups is 3. The number of carbonyl (C=O) groups excluding carboxylic acids is 3. The van der Waals surface area contributed by atoms with Gasteiger partial charge < -0.3 is 10.1 Å². The monoisotopic (exact) mass is 459 g/mol. The number of thioether (sulfide) groups is 1. The second-order valence-electron chi connectivity index (χ2n) is 8.04. The molecule has 3 aromatic rings. The molecule has 1 N–H and O–H groups in total. The van der Waals surface area contributed by atoms with Gasteiger partial charge in [0.05, 0.1) is 11.3 Å². The molecule has 1 aliphatic carbocycles. The number of hydrogen-bond donors (Lipinski definition) is 1. The predicted molar refractivity (Wildman–Crippen MR) is 130 cm³/mol. The molecule has 0 saturated carbocycles. The number of nitrogens with one attached hydrogen (secondary N) is 1. The minimum absolute atomic E-state index is 0.145. The Balaban J connectivity index is 1.33. The first-order valence-electron chi connectivity index (χ1n) is 10.9. The van der Waals surface area contributed by atoms with Gasteiger partial charge in [-0.05, 0) is 67.6 Å². The maximum Gasteiger partial charge on any atom is 0.339 e. The maximum absolute atomic E-state index is 12.7. The van der Waals surface area contributed by atoms with Gasteiger partial charge in [-0.1, -0.05) is 42.0 Å². The molecule has 6 heteroatoms. The Morgan fingerprint density at radius 1 is 0.939 bits per heavy atom. The summed E-state index contributed by atoms with van der Waals surface area (Å²) in [6.45, 7) is 1.67. The molecule has 4 rings (SSSR count). The first-order chi connectivity index (χ1) is 16.0. The molecule has 0 radical (unpaired) electrons. The summed E-state index contributed by atoms with van der Waals surface area (Å²) in [6.07, 6.45) is 3.15. The van der Waals surface area contributed by atoms with Gasteiger partial charge in [0.1, 0.15) is 0 Å². The Bertz CT molecular complexity index is 1190. The van der Waals surface area contributed by atoms with E-state index in [0.717, 1.165) is 30.5 Å². The molecule has 0 heterocycles. The summed E-state index contributed by atoms with van der Waals surface area (Å²) in [5, 5.41) is 2.84. The van der Waals surface area contributed by atoms with Crippen LogP contribution in [-0.4, -0.2) is 30.0 Å². The summed E-state index contributed by atoms with van der Waals surface area (Å²) < 4.78 is 5.32. The van der Waals surface area contributed by atoms with E-state index in [4.69, 9.17) is 4.74 Å². The van der Waals surface area contributed by atoms with E-state index in [2.05, 4.69) is 5.32 Å². The average Bonchev–Trinajstić information content (AvgIpc) is 3.30. The van der Waals surface area contributed by atoms with Gasteiger partial charge in [-0.3, -0.25) is 9.59 Å². The van der Waals surface area contributed by atoms with Crippen molar-refractivity contribution in [1.82, 2.24) is 0 Å². The highest BCUT2D eigenvalue weighted by molar-refractivity contribution is 8.00. The zero-order valence-electron chi connectivity index (χ0n) is 18.4. The van der Waals surface area contributed by atoms with Crippen LogP contribution in [-0.2, 0) is 22.4 Å². The predicted octanol–water partition coefficient (Wildman–Crippen LogP) is 5.25. The van der Waals surface area contributed by atoms with Gasteiger partial charge in [0.15, 0.2) is 12.4 Å². The number of amides is 1. The second kappa shape index (κ2) is 10.5. The molecule has 168 valence electrons. The van der Waals surface area contributed by atoms with Crippen molar-refractivity contribution in [2.75, 3.05) is 17.7 Å². The number of hydrogen-bond acceptors (Lipinski definition) is 5. The van der Waals surface area contributed by atoms with E-state index in [1.54, 1.807) is 30.3 Å². The van der Waals surface area contributed by atoms with Gasteiger partial charge in [-0.2, -0.15) is 0 Å². The normalized spacial score (nSPS) is 12.2. The van der Waals surface area contributed by atoms with Gasteiger partial charge in [-0.15, -0.1) is 11.8 Å². The summed E-state index contributed by atoms with van der Waals surface area (Å²) >= 11 is 1.25. The van der Waals surface area contributed by atoms with Crippen molar-refractivity contribution in [2.24, 2.45) is 0 Å². The summed E-state index contributed by atoms with van der Waals surface area (Å²) in [5.74, 6) is -0.822. The van der Waals surface area contributed by atoms with Crippen molar-refractivity contribution in [1.29, 1.82) is 0 Å². The third-order valence-corrected chi connectivity index (χ3v) is 6.63. The van der Waals surface area contributed by atoms with Crippen molar-refractivity contribution >= 4 is 35.1 Å². The molecule has 0 fully saturated rings. The fraction of sp³-hybridized carbons (Fsp3) is 0.222. The lowest BCUT2D eigenvalue weighted by Gasteiger charge is -2.10. The first-order valence-corrected chi connectivity index (χ1v) is 11.9. The molecule has 33 heavy (non-hydrogen) atoms. The lowest BCUT2D eigenvalue weighted by Crippen LogP contribution is -2.16. The fourth-order valence-corrected chi connectivity index (χ4v) is 4.62. The van der Waals surface area contributed by atoms with Crippen LogP contribution in [0.2, 0.25) is 0 Å². The molecule has 0 aromatic heterocycles. The summed E-state index contributed by atoms with van der Waals surface area (Å²) in [7, 11) is 0. The molecule has 5 nitrogen and oxygen atoms in total. The van der Waals surface area contributed by atoms with Gasteiger partial charge in [0.25, 0.3) is 0 Å². The Kier molecular flexibility index (Phi) is 7.25. The quantitative estimate of drug-likeness (QED) is 0.283. The van der Waals surface area contributed by atoms with Crippen LogP contribution in [0.5, 0.6) is 0 Å². The number of ether oxygens (including phenoxy) is 1. The summed E-state index contributed by atoms with van der Waals surface area (Å²) in [5.41, 5.74) is 5.25. The second-order valence-corrected chi connectivity index (χ2v) is 9.05. The molecule has 1 aliphatic rings. The lowest BCUT2D eigenvalue weighted by atomic mass is 10.0. The summed E-state index contributed by atoms with van der Waals surface area (Å²) in [4.78, 5) is 38.1. The van der Waals surface area contributed by atoms with Crippen LogP contribution in [0.4, 0.5) is 5.69 Å². The SMILES string of the molecule is Cc1ccc(NC(=O)CSc2ccccc2C(=O)OCC(=O)c2ccc3c(c2)CCC3)cc1. The first kappa shape index (κ1) is 22.8. The molecular formula is C27H25NO4S. The third kappa shape index (κ3) is 5.90. The molecule has 0 unspecified atom stereocenters. The smallest absolute Gasteiger partial charge is 0.339 e. The topological polar surface area (TPSA) is 72.5 Å². The largest absolute Gasteiger partial charge is 0.454 e. The van der Waals surface area contributed by atoms with Crippen LogP contribution in [0.1, 0.15) is 43.8 Å². The molecule has 1 amide bonds. The van der Waals surface area contributed by atoms with Crippen LogP contribution in [0.15, 0.2) is 71.6 Å². The van der Waals surface area contributed by atoms with Gasteiger partial charge in [-0.25, -0.2) is 4.79 Å². The fourth-order valence-electron chi connectivity index (χ4n) is 3.78. The van der Waals surface area contributed by atoms with Gasteiger partial charge >= 0.3 is 5.97 Å². The highest BCUT2D eigenvalue weighted by atomic mass is 32.2. The minimum atomic E-state index is -0.577. The average molecular weight is 460 g/mol. The van der Waals surface area contributed by atoms with Gasteiger partial charge in [0, 0.05) is 16.1 Å². The number of ketones is 1. The Hall–Kier alpha value is -3.38. The van der Waals surface area contributed by atoms with Gasteiger partial charge in [0.2, 0.25) is 5.91 Å². The Morgan fingerprint density at radius 3 is 2.52 bits per heavy atom. The van der Waals surface area contributed by atoms with Crippen molar-refractivity contribution in [3.05, 3.63) is 94.5 Å². The van der Waals surface area contributed by atoms with Crippen molar-refractivity contribution in [2.45, 2.75) is 31.1 Å². The van der Waals surface area contributed by atoms with Crippen molar-refractivity contribution in [3.63, 3.8) is 0 Å². The third-order valence-electron chi connectivity index (χ3n) is 5.56. The van der Waals surface area contributed by atoms with Crippen molar-refractivity contribution in [3.8, 4) is 0 Å². The lowest BCUT2D eigenvalue weighted by molar-refractivity contribution is -0.113. The highest BCUT2D eigenvalue weighted by Gasteiger charge is 2.18. The highest BCUT2D eigenvalue weighted by Crippen LogP contribution is 2.25. The number of anilines is 1. The van der Waals surface area contributed by atoms with Crippen LogP contribution >= 0.6 is 11.8 Å². The Morgan fingerprint density at radius 2 is 1.70 bits per heavy atom. The number of esters is 1. The van der Waals surface area contributed by atoms with Crippen LogP contribution < -0.4 is 5.32 Å². The van der Waals surface area contributed by atoms with Crippen LogP contribution in [0.3, 0.4) is 0 Å². The number of aryl methyl sites for hydroxylation is 3. The molecule has 0 bridgehead atoms. The van der Waals surface area contributed by atoms with Crippen molar-refractivity contribution < 1.29 is 19.1 Å². The van der Waals surface area contributed by atoms with E-state index < -0.39 is 5.97 Å². The number of Topliss-reactive ketones (excluding diaryl/α,β-unsaturated/α-hetero) is 1. The summed E-state index contributed by atoms with van der Waals surface area (Å²) in [6, 6.07) is 20.2. The van der Waals surface area contributed by atoms with E-state index >= 15 is 0 Å². The van der Waals surface area contributed by atoms with E-state index in [1.165, 1.54) is 22.9 Å². The standard InChI is InChI=1S/C27H25NO4S/c1-18-9-13-22(14-10-18)28-26(30)17-33-25-8-3-2-7-23(25)27(31)32-16-24(29)21-12-11-19-5-4-6-20(19)15-21/h2-3,7-15H,4-6,16-17H2,1H3,(H,28,30). The molecule has 0 saturated heterocycles. The van der Waals surface area contributed by atoms with E-state index in [9.17, 15) is 14.4 Å². The minimum Gasteiger partial charge on any atom is -0.454 e. The zero-order chi connectivity index (χ0) is 23.2. The number of rotatable bonds is 8. The molecule has 0 spiro atoms. The van der Waals surface area contributed by atoms with E-state index in [0.29, 0.717) is 16.0 Å². The van der Waals surface area contributed by atoms with Crippen LogP contribution in [0.25, 0.3) is 0 Å². The van der Waals surface area contributed by atoms with E-state index in [-0.39, 0.29) is 24.1 Å². The van der Waals surface area contributed by atoms with Crippen LogP contribution in [0, 0.1) is 6.92 Å². The molecule has 3 aromatic carbocycles. The number of fused-ring (bicyclic) bond motifs is 1. The van der Waals surface area contributed by atoms with E-state index in [1.807, 2.05) is 43.3 Å². The Labute approximate surface area is 197 Å². The maximum atomic E-state index is 12.7. The molecule has 0 aliphatic heterocycles. The number of benzene rings is 3. The molecular weight excluding hydrogens is 434 g/mol.